The number of hydrogen-bond donors (Lipinski definition) is 2. The van der Waals surface area contributed by atoms with Gasteiger partial charge in [0, 0.05) is 24.7 Å². The molecule has 1 aliphatic rings. The van der Waals surface area contributed by atoms with Crippen molar-refractivity contribution in [2.24, 2.45) is 5.92 Å². The van der Waals surface area contributed by atoms with E-state index in [1.807, 2.05) is 32.9 Å². The predicted molar refractivity (Wildman–Crippen MR) is 81.7 cm³/mol. The standard InChI is InChI=1S/C16H24N2O3/c1-16(2,3)21-15(20)18-9-8-12(10-18)14(19)11-4-6-13(17)7-5-11/h4-7,12,14,19H,8-10,17H2,1-3H3. The van der Waals surface area contributed by atoms with Crippen LogP contribution in [-0.4, -0.2) is 34.8 Å². The van der Waals surface area contributed by atoms with Crippen LogP contribution in [0.5, 0.6) is 0 Å². The molecule has 0 aliphatic carbocycles. The average molecular weight is 292 g/mol. The molecule has 1 aromatic carbocycles. The molecule has 0 radical (unpaired) electrons. The van der Waals surface area contributed by atoms with Crippen molar-refractivity contribution in [3.63, 3.8) is 0 Å². The summed E-state index contributed by atoms with van der Waals surface area (Å²) in [7, 11) is 0. The summed E-state index contributed by atoms with van der Waals surface area (Å²) in [5, 5.41) is 10.4. The maximum absolute atomic E-state index is 12.0. The number of nitrogens with zero attached hydrogens (tertiary/aromatic N) is 1. The van der Waals surface area contributed by atoms with Gasteiger partial charge in [0.1, 0.15) is 5.60 Å². The number of aliphatic hydroxyl groups is 1. The zero-order chi connectivity index (χ0) is 15.6. The Labute approximate surface area is 125 Å². The van der Waals surface area contributed by atoms with Crippen LogP contribution in [0.15, 0.2) is 24.3 Å². The maximum Gasteiger partial charge on any atom is 0.410 e. The number of ether oxygens (including phenoxy) is 1. The Morgan fingerprint density at radius 1 is 1.38 bits per heavy atom. The summed E-state index contributed by atoms with van der Waals surface area (Å²) < 4.78 is 5.36. The molecule has 116 valence electrons. The second-order valence-electron chi connectivity index (χ2n) is 6.59. The molecule has 1 saturated heterocycles. The van der Waals surface area contributed by atoms with Crippen LogP contribution >= 0.6 is 0 Å². The molecule has 2 atom stereocenters. The van der Waals surface area contributed by atoms with Gasteiger partial charge in [0.25, 0.3) is 0 Å². The molecule has 2 rings (SSSR count). The molecular weight excluding hydrogens is 268 g/mol. The smallest absolute Gasteiger partial charge is 0.410 e. The average Bonchev–Trinajstić information content (AvgIpc) is 2.86. The number of aliphatic hydroxyl groups excluding tert-OH is 1. The molecule has 21 heavy (non-hydrogen) atoms. The number of likely N-dealkylation sites (tertiary alicyclic amines) is 1. The van der Waals surface area contributed by atoms with Crippen LogP contribution in [0.25, 0.3) is 0 Å². The summed E-state index contributed by atoms with van der Waals surface area (Å²) in [6.07, 6.45) is -0.127. The van der Waals surface area contributed by atoms with Crippen LogP contribution < -0.4 is 5.73 Å². The van der Waals surface area contributed by atoms with E-state index in [2.05, 4.69) is 0 Å². The zero-order valence-electron chi connectivity index (χ0n) is 12.9. The van der Waals surface area contributed by atoms with Gasteiger partial charge in [-0.2, -0.15) is 0 Å². The molecular formula is C16H24N2O3. The molecule has 5 heteroatoms. The molecule has 0 aromatic heterocycles. The number of carbonyl (C=O) groups excluding carboxylic acids is 1. The van der Waals surface area contributed by atoms with E-state index >= 15 is 0 Å². The van der Waals surface area contributed by atoms with Gasteiger partial charge in [-0.25, -0.2) is 4.79 Å². The minimum atomic E-state index is -0.585. The quantitative estimate of drug-likeness (QED) is 0.821. The van der Waals surface area contributed by atoms with Crippen molar-refractivity contribution in [1.29, 1.82) is 0 Å². The van der Waals surface area contributed by atoms with Crippen LogP contribution in [0.3, 0.4) is 0 Å². The number of carbonyl (C=O) groups is 1. The molecule has 1 aliphatic heterocycles. The van der Waals surface area contributed by atoms with Gasteiger partial charge in [0.2, 0.25) is 0 Å². The van der Waals surface area contributed by atoms with Gasteiger partial charge in [-0.15, -0.1) is 0 Å². The van der Waals surface area contributed by atoms with Gasteiger partial charge < -0.3 is 20.5 Å². The molecule has 0 saturated carbocycles. The molecule has 0 bridgehead atoms. The first-order chi connectivity index (χ1) is 9.76. The van der Waals surface area contributed by atoms with E-state index in [1.165, 1.54) is 0 Å². The largest absolute Gasteiger partial charge is 0.444 e. The topological polar surface area (TPSA) is 75.8 Å². The molecule has 5 nitrogen and oxygen atoms in total. The Hall–Kier alpha value is -1.75. The van der Waals surface area contributed by atoms with Crippen molar-refractivity contribution in [2.45, 2.75) is 38.9 Å². The van der Waals surface area contributed by atoms with Crippen molar-refractivity contribution in [3.05, 3.63) is 29.8 Å². The number of benzene rings is 1. The van der Waals surface area contributed by atoms with E-state index in [1.54, 1.807) is 17.0 Å². The van der Waals surface area contributed by atoms with E-state index < -0.39 is 11.7 Å². The summed E-state index contributed by atoms with van der Waals surface area (Å²) in [5.41, 5.74) is 6.66. The molecule has 1 aromatic rings. The van der Waals surface area contributed by atoms with Crippen molar-refractivity contribution < 1.29 is 14.6 Å². The maximum atomic E-state index is 12.0. The second-order valence-corrected chi connectivity index (χ2v) is 6.59. The lowest BCUT2D eigenvalue weighted by Crippen LogP contribution is -2.35. The van der Waals surface area contributed by atoms with Crippen LogP contribution in [-0.2, 0) is 4.74 Å². The first-order valence-electron chi connectivity index (χ1n) is 7.28. The number of rotatable bonds is 2. The highest BCUT2D eigenvalue weighted by Crippen LogP contribution is 2.31. The van der Waals surface area contributed by atoms with Crippen LogP contribution in [0.4, 0.5) is 10.5 Å². The Balaban J connectivity index is 1.95. The summed E-state index contributed by atoms with van der Waals surface area (Å²) in [5.74, 6) is 0.0288. The number of nitrogen functional groups attached to an aromatic ring is 1. The van der Waals surface area contributed by atoms with Gasteiger partial charge in [0.05, 0.1) is 6.10 Å². The van der Waals surface area contributed by atoms with E-state index in [-0.39, 0.29) is 12.0 Å². The number of amides is 1. The third kappa shape index (κ3) is 4.11. The van der Waals surface area contributed by atoms with Crippen LogP contribution in [0, 0.1) is 5.92 Å². The minimum Gasteiger partial charge on any atom is -0.444 e. The summed E-state index contributed by atoms with van der Waals surface area (Å²) >= 11 is 0. The minimum absolute atomic E-state index is 0.0288. The van der Waals surface area contributed by atoms with Crippen molar-refractivity contribution in [3.8, 4) is 0 Å². The van der Waals surface area contributed by atoms with Gasteiger partial charge >= 0.3 is 6.09 Å². The predicted octanol–water partition coefficient (Wildman–Crippen LogP) is 2.56. The van der Waals surface area contributed by atoms with E-state index in [4.69, 9.17) is 10.5 Å². The Kier molecular flexibility index (Phi) is 4.42. The lowest BCUT2D eigenvalue weighted by atomic mass is 9.95. The number of hydrogen-bond acceptors (Lipinski definition) is 4. The Morgan fingerprint density at radius 2 is 2.00 bits per heavy atom. The first-order valence-corrected chi connectivity index (χ1v) is 7.28. The lowest BCUT2D eigenvalue weighted by molar-refractivity contribution is 0.0268. The Bertz CT molecular complexity index is 493. The molecule has 3 N–H and O–H groups in total. The fourth-order valence-corrected chi connectivity index (χ4v) is 2.50. The highest BCUT2D eigenvalue weighted by Gasteiger charge is 2.33. The lowest BCUT2D eigenvalue weighted by Gasteiger charge is -2.25. The van der Waals surface area contributed by atoms with Crippen molar-refractivity contribution in [1.82, 2.24) is 4.90 Å². The third-order valence-corrected chi connectivity index (χ3v) is 3.60. The molecule has 0 spiro atoms. The number of nitrogens with two attached hydrogens (primary N) is 1. The fraction of sp³-hybridized carbons (Fsp3) is 0.562. The highest BCUT2D eigenvalue weighted by atomic mass is 16.6. The van der Waals surface area contributed by atoms with Gasteiger partial charge in [0.15, 0.2) is 0 Å². The van der Waals surface area contributed by atoms with E-state index in [9.17, 15) is 9.90 Å². The zero-order valence-corrected chi connectivity index (χ0v) is 12.9. The van der Waals surface area contributed by atoms with Crippen LogP contribution in [0.1, 0.15) is 38.9 Å². The van der Waals surface area contributed by atoms with Gasteiger partial charge in [-0.3, -0.25) is 0 Å². The number of anilines is 1. The van der Waals surface area contributed by atoms with E-state index in [0.717, 1.165) is 12.0 Å². The van der Waals surface area contributed by atoms with Crippen molar-refractivity contribution >= 4 is 11.8 Å². The normalized spacial score (nSPS) is 20.4. The second kappa shape index (κ2) is 5.93. The SMILES string of the molecule is CC(C)(C)OC(=O)N1CCC(C(O)c2ccc(N)cc2)C1. The molecule has 2 unspecified atom stereocenters. The molecule has 1 amide bonds. The van der Waals surface area contributed by atoms with Crippen LogP contribution in [0.2, 0.25) is 0 Å². The highest BCUT2D eigenvalue weighted by molar-refractivity contribution is 5.68. The van der Waals surface area contributed by atoms with Crippen molar-refractivity contribution in [2.75, 3.05) is 18.8 Å². The Morgan fingerprint density at radius 3 is 2.57 bits per heavy atom. The first kappa shape index (κ1) is 15.6. The summed E-state index contributed by atoms with van der Waals surface area (Å²) in [6.45, 7) is 6.68. The van der Waals surface area contributed by atoms with E-state index in [0.29, 0.717) is 18.8 Å². The molecule has 1 heterocycles. The summed E-state index contributed by atoms with van der Waals surface area (Å²) in [6, 6.07) is 7.21. The third-order valence-electron chi connectivity index (χ3n) is 3.60. The van der Waals surface area contributed by atoms with Gasteiger partial charge in [-0.1, -0.05) is 12.1 Å². The van der Waals surface area contributed by atoms with Gasteiger partial charge in [-0.05, 0) is 44.9 Å². The fourth-order valence-electron chi connectivity index (χ4n) is 2.50. The molecule has 1 fully saturated rings. The summed E-state index contributed by atoms with van der Waals surface area (Å²) in [4.78, 5) is 13.7. The monoisotopic (exact) mass is 292 g/mol.